The molecule has 0 saturated heterocycles. The quantitative estimate of drug-likeness (QED) is 0.506. The molecule has 3 aromatic rings. The highest BCUT2D eigenvalue weighted by Gasteiger charge is 2.18. The maximum Gasteiger partial charge on any atom is 0.113 e. The van der Waals surface area contributed by atoms with E-state index >= 15 is 0 Å². The van der Waals surface area contributed by atoms with Crippen LogP contribution < -0.4 is 5.73 Å². The van der Waals surface area contributed by atoms with E-state index in [4.69, 9.17) is 28.9 Å². The van der Waals surface area contributed by atoms with E-state index in [-0.39, 0.29) is 0 Å². The van der Waals surface area contributed by atoms with Crippen LogP contribution in [-0.2, 0) is 6.54 Å². The van der Waals surface area contributed by atoms with Crippen molar-refractivity contribution in [2.45, 2.75) is 51.1 Å². The first-order valence-corrected chi connectivity index (χ1v) is 11.1. The molecule has 1 saturated carbocycles. The topological polar surface area (TPSA) is 56.7 Å². The van der Waals surface area contributed by atoms with E-state index in [9.17, 15) is 0 Å². The Morgan fingerprint density at radius 3 is 2.48 bits per heavy atom. The van der Waals surface area contributed by atoms with E-state index in [0.29, 0.717) is 16.1 Å². The molecule has 29 heavy (non-hydrogen) atoms. The fourth-order valence-corrected chi connectivity index (χ4v) is 4.46. The molecule has 1 aromatic heterocycles. The predicted octanol–water partition coefficient (Wildman–Crippen LogP) is 6.22. The lowest BCUT2D eigenvalue weighted by molar-refractivity contribution is 0.293. The van der Waals surface area contributed by atoms with Crippen LogP contribution in [-0.4, -0.2) is 21.0 Å². The molecular formula is C23H26Cl2N4. The van der Waals surface area contributed by atoms with Crippen molar-refractivity contribution in [3.8, 4) is 22.4 Å². The Bertz CT molecular complexity index is 952. The van der Waals surface area contributed by atoms with Crippen LogP contribution >= 0.6 is 23.2 Å². The number of rotatable bonds is 6. The minimum atomic E-state index is 0.398. The van der Waals surface area contributed by atoms with Gasteiger partial charge in [-0.25, -0.2) is 0 Å². The van der Waals surface area contributed by atoms with Crippen LogP contribution in [0.4, 0.5) is 0 Å². The zero-order valence-corrected chi connectivity index (χ0v) is 17.9. The van der Waals surface area contributed by atoms with Crippen LogP contribution in [0, 0.1) is 5.92 Å². The van der Waals surface area contributed by atoms with Crippen molar-refractivity contribution in [2.24, 2.45) is 11.7 Å². The van der Waals surface area contributed by atoms with Gasteiger partial charge in [0.05, 0.1) is 22.8 Å². The smallest absolute Gasteiger partial charge is 0.113 e. The average Bonchev–Trinajstić information content (AvgIpc) is 3.19. The van der Waals surface area contributed by atoms with Gasteiger partial charge in [-0.3, -0.25) is 0 Å². The minimum absolute atomic E-state index is 0.398. The zero-order valence-electron chi connectivity index (χ0n) is 16.4. The molecule has 6 heteroatoms. The number of nitrogens with two attached hydrogens (primary N) is 1. The minimum Gasteiger partial charge on any atom is -0.328 e. The molecule has 1 fully saturated rings. The van der Waals surface area contributed by atoms with Crippen LogP contribution in [0.5, 0.6) is 0 Å². The highest BCUT2D eigenvalue weighted by atomic mass is 35.5. The van der Waals surface area contributed by atoms with Gasteiger partial charge in [0.15, 0.2) is 0 Å². The van der Waals surface area contributed by atoms with Crippen molar-refractivity contribution >= 4 is 23.2 Å². The predicted molar refractivity (Wildman–Crippen MR) is 120 cm³/mol. The summed E-state index contributed by atoms with van der Waals surface area (Å²) >= 11 is 12.1. The molecule has 0 aliphatic heterocycles. The summed E-state index contributed by atoms with van der Waals surface area (Å²) in [7, 11) is 0. The van der Waals surface area contributed by atoms with E-state index in [1.807, 2.05) is 29.2 Å². The molecule has 2 atom stereocenters. The summed E-state index contributed by atoms with van der Waals surface area (Å²) in [6, 6.07) is 14.3. The van der Waals surface area contributed by atoms with Gasteiger partial charge in [-0.15, -0.1) is 0 Å². The molecule has 2 aromatic carbocycles. The number of aryl methyl sites for hydroxylation is 1. The Balaban J connectivity index is 1.35. The molecule has 2 N–H and O–H groups in total. The van der Waals surface area contributed by atoms with E-state index in [1.54, 1.807) is 0 Å². The normalized spacial score (nSPS) is 19.4. The summed E-state index contributed by atoms with van der Waals surface area (Å²) in [6.45, 7) is 0.854. The third-order valence-electron chi connectivity index (χ3n) is 5.76. The Labute approximate surface area is 182 Å². The third-order valence-corrected chi connectivity index (χ3v) is 6.50. The summed E-state index contributed by atoms with van der Waals surface area (Å²) in [5.41, 5.74) is 10.2. The molecule has 2 unspecified atom stereocenters. The van der Waals surface area contributed by atoms with Gasteiger partial charge in [0.1, 0.15) is 5.69 Å². The number of aromatic nitrogens is 3. The summed E-state index contributed by atoms with van der Waals surface area (Å²) in [5.74, 6) is 0.766. The number of hydrogen-bond donors (Lipinski definition) is 1. The van der Waals surface area contributed by atoms with Crippen molar-refractivity contribution in [1.82, 2.24) is 15.0 Å². The van der Waals surface area contributed by atoms with E-state index in [1.165, 1.54) is 32.1 Å². The highest BCUT2D eigenvalue weighted by Crippen LogP contribution is 2.30. The number of nitrogens with zero attached hydrogens (tertiary/aromatic N) is 3. The maximum atomic E-state index is 6.13. The molecule has 1 aliphatic carbocycles. The maximum absolute atomic E-state index is 6.13. The molecule has 4 nitrogen and oxygen atoms in total. The Hall–Kier alpha value is -1.88. The molecule has 0 radical (unpaired) electrons. The Morgan fingerprint density at radius 2 is 1.72 bits per heavy atom. The summed E-state index contributed by atoms with van der Waals surface area (Å²) in [5, 5.41) is 10.2. The van der Waals surface area contributed by atoms with Gasteiger partial charge in [0.25, 0.3) is 0 Å². The summed E-state index contributed by atoms with van der Waals surface area (Å²) < 4.78 is 0. The third kappa shape index (κ3) is 5.19. The first kappa shape index (κ1) is 20.4. The van der Waals surface area contributed by atoms with Gasteiger partial charge in [0.2, 0.25) is 0 Å². The Kier molecular flexibility index (Phi) is 6.53. The molecule has 0 bridgehead atoms. The second kappa shape index (κ2) is 9.29. The van der Waals surface area contributed by atoms with E-state index in [2.05, 4.69) is 34.5 Å². The van der Waals surface area contributed by atoms with Crippen LogP contribution in [0.3, 0.4) is 0 Å². The van der Waals surface area contributed by atoms with Gasteiger partial charge in [-0.2, -0.15) is 15.0 Å². The van der Waals surface area contributed by atoms with Crippen LogP contribution in [0.15, 0.2) is 48.7 Å². The fraction of sp³-hybridized carbons (Fsp3) is 0.391. The molecule has 1 heterocycles. The molecule has 0 spiro atoms. The zero-order chi connectivity index (χ0) is 20.2. The molecule has 1 aliphatic rings. The van der Waals surface area contributed by atoms with Gasteiger partial charge in [-0.1, -0.05) is 66.4 Å². The monoisotopic (exact) mass is 428 g/mol. The summed E-state index contributed by atoms with van der Waals surface area (Å²) in [6.07, 6.45) is 9.09. The summed E-state index contributed by atoms with van der Waals surface area (Å²) in [4.78, 5) is 1.81. The van der Waals surface area contributed by atoms with Gasteiger partial charge in [-0.05, 0) is 54.9 Å². The van der Waals surface area contributed by atoms with Gasteiger partial charge in [0, 0.05) is 11.6 Å². The largest absolute Gasteiger partial charge is 0.328 e. The Morgan fingerprint density at radius 1 is 0.966 bits per heavy atom. The van der Waals surface area contributed by atoms with E-state index in [0.717, 1.165) is 41.3 Å². The SMILES string of the molecule is NC1CCCC(CCCn2ncc(-c3ccc(-c4ccc(Cl)c(Cl)c4)cc3)n2)C1. The molecule has 152 valence electrons. The molecule has 0 amide bonds. The first-order valence-electron chi connectivity index (χ1n) is 10.3. The number of halogens is 2. The lowest BCUT2D eigenvalue weighted by atomic mass is 9.83. The standard InChI is InChI=1S/C23H26Cl2N4/c24-21-11-10-19(14-22(21)25)17-6-8-18(9-7-17)23-15-27-29(28-23)12-2-4-16-3-1-5-20(26)13-16/h6-11,14-16,20H,1-5,12-13,26H2. The van der Waals surface area contributed by atoms with E-state index < -0.39 is 0 Å². The van der Waals surface area contributed by atoms with Crippen molar-refractivity contribution < 1.29 is 0 Å². The van der Waals surface area contributed by atoms with Crippen molar-refractivity contribution in [3.05, 3.63) is 58.7 Å². The van der Waals surface area contributed by atoms with Crippen LogP contribution in [0.25, 0.3) is 22.4 Å². The second-order valence-electron chi connectivity index (χ2n) is 7.97. The fourth-order valence-electron chi connectivity index (χ4n) is 4.16. The second-order valence-corrected chi connectivity index (χ2v) is 8.78. The first-order chi connectivity index (χ1) is 14.1. The van der Waals surface area contributed by atoms with Gasteiger partial charge < -0.3 is 5.73 Å². The molecule has 4 rings (SSSR count). The highest BCUT2D eigenvalue weighted by molar-refractivity contribution is 6.42. The van der Waals surface area contributed by atoms with Crippen molar-refractivity contribution in [3.63, 3.8) is 0 Å². The average molecular weight is 429 g/mol. The lowest BCUT2D eigenvalue weighted by Crippen LogP contribution is -2.27. The van der Waals surface area contributed by atoms with Crippen LogP contribution in [0.1, 0.15) is 38.5 Å². The number of benzene rings is 2. The van der Waals surface area contributed by atoms with Crippen molar-refractivity contribution in [1.29, 1.82) is 0 Å². The van der Waals surface area contributed by atoms with Gasteiger partial charge >= 0.3 is 0 Å². The van der Waals surface area contributed by atoms with Crippen LogP contribution in [0.2, 0.25) is 10.0 Å². The molecular weight excluding hydrogens is 403 g/mol. The number of hydrogen-bond acceptors (Lipinski definition) is 3. The lowest BCUT2D eigenvalue weighted by Gasteiger charge is -2.26. The van der Waals surface area contributed by atoms with Crippen molar-refractivity contribution in [2.75, 3.05) is 0 Å².